The third-order valence-corrected chi connectivity index (χ3v) is 4.78. The first-order valence-electron chi connectivity index (χ1n) is 8.06. The summed E-state index contributed by atoms with van der Waals surface area (Å²) in [7, 11) is 0. The van der Waals surface area contributed by atoms with Gasteiger partial charge < -0.3 is 5.32 Å². The van der Waals surface area contributed by atoms with Gasteiger partial charge in [-0.3, -0.25) is 0 Å². The topological polar surface area (TPSA) is 12.0 Å². The predicted octanol–water partition coefficient (Wildman–Crippen LogP) is 4.21. The minimum Gasteiger partial charge on any atom is -0.313 e. The van der Waals surface area contributed by atoms with Gasteiger partial charge in [-0.05, 0) is 55.2 Å². The van der Waals surface area contributed by atoms with E-state index >= 15 is 0 Å². The van der Waals surface area contributed by atoms with Crippen LogP contribution in [0.2, 0.25) is 0 Å². The van der Waals surface area contributed by atoms with Crippen molar-refractivity contribution < 1.29 is 0 Å². The van der Waals surface area contributed by atoms with Crippen molar-refractivity contribution in [3.8, 4) is 0 Å². The van der Waals surface area contributed by atoms with Crippen LogP contribution in [0.15, 0.2) is 24.3 Å². The van der Waals surface area contributed by atoms with Crippen LogP contribution in [0.4, 0.5) is 0 Å². The molecule has 0 aliphatic heterocycles. The summed E-state index contributed by atoms with van der Waals surface area (Å²) >= 11 is 0. The molecule has 1 N–H and O–H groups in total. The monoisotopic (exact) mass is 259 g/mol. The van der Waals surface area contributed by atoms with Crippen LogP contribution in [-0.4, -0.2) is 12.6 Å². The lowest BCUT2D eigenvalue weighted by molar-refractivity contribution is 0.243. The normalized spacial score (nSPS) is 21.7. The van der Waals surface area contributed by atoms with Crippen molar-refractivity contribution in [2.24, 2.45) is 11.8 Å². The molecule has 0 saturated heterocycles. The summed E-state index contributed by atoms with van der Waals surface area (Å²) in [5.74, 6) is 1.60. The van der Waals surface area contributed by atoms with Crippen molar-refractivity contribution >= 4 is 0 Å². The van der Waals surface area contributed by atoms with E-state index in [4.69, 9.17) is 0 Å². The molecule has 1 heteroatoms. The SMILES string of the molecule is CCCNC(C(C)CC)C1CCc2ccccc2C1. The average Bonchev–Trinajstić information content (AvgIpc) is 2.47. The van der Waals surface area contributed by atoms with Gasteiger partial charge >= 0.3 is 0 Å². The second-order valence-electron chi connectivity index (χ2n) is 6.14. The summed E-state index contributed by atoms with van der Waals surface area (Å²) in [5.41, 5.74) is 3.17. The van der Waals surface area contributed by atoms with Crippen LogP contribution in [0, 0.1) is 11.8 Å². The number of nitrogens with one attached hydrogen (secondary N) is 1. The molecule has 0 heterocycles. The van der Waals surface area contributed by atoms with Crippen molar-refractivity contribution in [3.63, 3.8) is 0 Å². The predicted molar refractivity (Wildman–Crippen MR) is 83.5 cm³/mol. The third kappa shape index (κ3) is 3.60. The Morgan fingerprint density at radius 1 is 1.21 bits per heavy atom. The van der Waals surface area contributed by atoms with Crippen LogP contribution in [0.25, 0.3) is 0 Å². The second-order valence-corrected chi connectivity index (χ2v) is 6.14. The van der Waals surface area contributed by atoms with Gasteiger partial charge in [0.05, 0.1) is 0 Å². The second kappa shape index (κ2) is 7.09. The van der Waals surface area contributed by atoms with Crippen molar-refractivity contribution in [3.05, 3.63) is 35.4 Å². The molecule has 1 aromatic carbocycles. The van der Waals surface area contributed by atoms with Crippen LogP contribution in [0.5, 0.6) is 0 Å². The highest BCUT2D eigenvalue weighted by Gasteiger charge is 2.28. The lowest BCUT2D eigenvalue weighted by Crippen LogP contribution is -2.43. The van der Waals surface area contributed by atoms with E-state index in [1.54, 1.807) is 11.1 Å². The number of rotatable bonds is 6. The minimum absolute atomic E-state index is 0.693. The lowest BCUT2D eigenvalue weighted by atomic mass is 9.76. The fraction of sp³-hybridized carbons (Fsp3) is 0.667. The molecule has 1 nitrogen and oxygen atoms in total. The highest BCUT2D eigenvalue weighted by Crippen LogP contribution is 2.30. The summed E-state index contributed by atoms with van der Waals surface area (Å²) in [5, 5.41) is 3.82. The van der Waals surface area contributed by atoms with Crippen molar-refractivity contribution in [1.82, 2.24) is 5.32 Å². The van der Waals surface area contributed by atoms with E-state index in [0.29, 0.717) is 6.04 Å². The number of benzene rings is 1. The zero-order valence-corrected chi connectivity index (χ0v) is 12.8. The van der Waals surface area contributed by atoms with Gasteiger partial charge in [0.1, 0.15) is 0 Å². The Morgan fingerprint density at radius 2 is 1.95 bits per heavy atom. The van der Waals surface area contributed by atoms with Crippen LogP contribution in [0.3, 0.4) is 0 Å². The first kappa shape index (κ1) is 14.6. The summed E-state index contributed by atoms with van der Waals surface area (Å²) in [4.78, 5) is 0. The van der Waals surface area contributed by atoms with E-state index in [1.165, 1.54) is 32.1 Å². The van der Waals surface area contributed by atoms with Crippen molar-refractivity contribution in [2.75, 3.05) is 6.54 Å². The van der Waals surface area contributed by atoms with Gasteiger partial charge in [0.2, 0.25) is 0 Å². The van der Waals surface area contributed by atoms with E-state index in [0.717, 1.165) is 18.4 Å². The summed E-state index contributed by atoms with van der Waals surface area (Å²) < 4.78 is 0. The molecule has 0 saturated carbocycles. The smallest absolute Gasteiger partial charge is 0.0124 e. The molecule has 0 aromatic heterocycles. The Balaban J connectivity index is 2.07. The van der Waals surface area contributed by atoms with E-state index in [2.05, 4.69) is 50.4 Å². The molecule has 0 spiro atoms. The van der Waals surface area contributed by atoms with Crippen LogP contribution >= 0.6 is 0 Å². The fourth-order valence-corrected chi connectivity index (χ4v) is 3.43. The van der Waals surface area contributed by atoms with Gasteiger partial charge in [0, 0.05) is 6.04 Å². The molecule has 0 radical (unpaired) electrons. The van der Waals surface area contributed by atoms with E-state index in [1.807, 2.05) is 0 Å². The Labute approximate surface area is 118 Å². The van der Waals surface area contributed by atoms with E-state index < -0.39 is 0 Å². The molecule has 0 amide bonds. The molecule has 2 rings (SSSR count). The molecule has 106 valence electrons. The Bertz CT molecular complexity index is 385. The van der Waals surface area contributed by atoms with Gasteiger partial charge in [-0.15, -0.1) is 0 Å². The van der Waals surface area contributed by atoms with Gasteiger partial charge in [-0.2, -0.15) is 0 Å². The average molecular weight is 259 g/mol. The lowest BCUT2D eigenvalue weighted by Gasteiger charge is -2.35. The summed E-state index contributed by atoms with van der Waals surface area (Å²) in [6.07, 6.45) is 6.39. The van der Waals surface area contributed by atoms with Crippen LogP contribution in [-0.2, 0) is 12.8 Å². The largest absolute Gasteiger partial charge is 0.313 e. The number of hydrogen-bond donors (Lipinski definition) is 1. The van der Waals surface area contributed by atoms with Gasteiger partial charge in [0.25, 0.3) is 0 Å². The van der Waals surface area contributed by atoms with Crippen LogP contribution in [0.1, 0.15) is 51.2 Å². The van der Waals surface area contributed by atoms with Crippen LogP contribution < -0.4 is 5.32 Å². The van der Waals surface area contributed by atoms with Gasteiger partial charge in [-0.25, -0.2) is 0 Å². The first-order chi connectivity index (χ1) is 9.26. The van der Waals surface area contributed by atoms with Gasteiger partial charge in [-0.1, -0.05) is 51.5 Å². The molecule has 3 unspecified atom stereocenters. The first-order valence-corrected chi connectivity index (χ1v) is 8.06. The molecule has 1 aromatic rings. The van der Waals surface area contributed by atoms with E-state index in [-0.39, 0.29) is 0 Å². The zero-order valence-electron chi connectivity index (χ0n) is 12.8. The molecule has 19 heavy (non-hydrogen) atoms. The fourth-order valence-electron chi connectivity index (χ4n) is 3.43. The molecule has 3 atom stereocenters. The summed E-state index contributed by atoms with van der Waals surface area (Å²) in [6.45, 7) is 8.15. The Morgan fingerprint density at radius 3 is 2.63 bits per heavy atom. The van der Waals surface area contributed by atoms with Crippen molar-refractivity contribution in [2.45, 2.75) is 58.9 Å². The Hall–Kier alpha value is -0.820. The van der Waals surface area contributed by atoms with Crippen molar-refractivity contribution in [1.29, 1.82) is 0 Å². The maximum atomic E-state index is 3.82. The van der Waals surface area contributed by atoms with E-state index in [9.17, 15) is 0 Å². The highest BCUT2D eigenvalue weighted by atomic mass is 14.9. The molecular formula is C18H29N. The minimum atomic E-state index is 0.693. The highest BCUT2D eigenvalue weighted by molar-refractivity contribution is 5.30. The zero-order chi connectivity index (χ0) is 13.7. The third-order valence-electron chi connectivity index (χ3n) is 4.78. The summed E-state index contributed by atoms with van der Waals surface area (Å²) in [6, 6.07) is 9.70. The van der Waals surface area contributed by atoms with Gasteiger partial charge in [0.15, 0.2) is 0 Å². The molecule has 0 bridgehead atoms. The number of aryl methyl sites for hydroxylation is 1. The molecular weight excluding hydrogens is 230 g/mol. The maximum absolute atomic E-state index is 3.82. The number of hydrogen-bond acceptors (Lipinski definition) is 1. The quantitative estimate of drug-likeness (QED) is 0.807. The molecule has 1 aliphatic carbocycles. The standard InChI is InChI=1S/C18H29N/c1-4-12-19-18(14(3)5-2)17-11-10-15-8-6-7-9-16(15)13-17/h6-9,14,17-19H,4-5,10-13H2,1-3H3. The maximum Gasteiger partial charge on any atom is 0.0124 e. The molecule has 1 aliphatic rings. The molecule has 0 fully saturated rings. The Kier molecular flexibility index (Phi) is 5.45. The number of fused-ring (bicyclic) bond motifs is 1.